The van der Waals surface area contributed by atoms with Gasteiger partial charge in [0.25, 0.3) is 5.56 Å². The Morgan fingerprint density at radius 3 is 2.50 bits per heavy atom. The molecular weight excluding hydrogens is 407 g/mol. The summed E-state index contributed by atoms with van der Waals surface area (Å²) in [7, 11) is -4.09. The largest absolute Gasteiger partial charge is 0.280 e. The highest BCUT2D eigenvalue weighted by Crippen LogP contribution is 2.31. The maximum atomic E-state index is 13.1. The van der Waals surface area contributed by atoms with E-state index in [2.05, 4.69) is 5.10 Å². The van der Waals surface area contributed by atoms with Gasteiger partial charge in [-0.2, -0.15) is 5.26 Å². The number of halogens is 1. The van der Waals surface area contributed by atoms with Gasteiger partial charge in [0.15, 0.2) is 0 Å². The molecule has 0 bridgehead atoms. The Kier molecular flexibility index (Phi) is 4.73. The fourth-order valence-corrected chi connectivity index (χ4v) is 4.19. The Bertz CT molecular complexity index is 1480. The van der Waals surface area contributed by atoms with Crippen LogP contribution in [-0.4, -0.2) is 18.2 Å². The molecule has 0 saturated carbocycles. The van der Waals surface area contributed by atoms with Crippen LogP contribution in [0.1, 0.15) is 11.1 Å². The molecule has 0 unspecified atom stereocenters. The first-order chi connectivity index (χ1) is 14.3. The smallest absolute Gasteiger partial charge is 0.272 e. The lowest BCUT2D eigenvalue weighted by molar-refractivity contribution is 0.598. The molecule has 0 atom stereocenters. The quantitative estimate of drug-likeness (QED) is 0.525. The number of H-pyrrole nitrogens is 1. The molecule has 3 N–H and O–H groups in total. The van der Waals surface area contributed by atoms with E-state index in [1.165, 1.54) is 36.4 Å². The number of sulfonamides is 1. The number of nitrogens with two attached hydrogens (primary N) is 1. The highest BCUT2D eigenvalue weighted by molar-refractivity contribution is 7.89. The van der Waals surface area contributed by atoms with Gasteiger partial charge in [0.2, 0.25) is 10.0 Å². The number of benzene rings is 3. The number of nitrogens with one attached hydrogen (secondary N) is 1. The van der Waals surface area contributed by atoms with Gasteiger partial charge in [-0.15, -0.1) is 0 Å². The number of fused-ring (bicyclic) bond motifs is 1. The minimum atomic E-state index is -4.09. The summed E-state index contributed by atoms with van der Waals surface area (Å²) in [6.07, 6.45) is 0. The Morgan fingerprint density at radius 2 is 1.83 bits per heavy atom. The molecule has 150 valence electrons. The van der Waals surface area contributed by atoms with E-state index in [-0.39, 0.29) is 27.4 Å². The van der Waals surface area contributed by atoms with Gasteiger partial charge in [-0.1, -0.05) is 24.3 Å². The molecule has 9 heteroatoms. The van der Waals surface area contributed by atoms with Crippen LogP contribution < -0.4 is 10.7 Å². The zero-order chi connectivity index (χ0) is 21.5. The molecule has 0 saturated heterocycles. The average Bonchev–Trinajstić information content (AvgIpc) is 3.03. The number of aromatic nitrogens is 2. The van der Waals surface area contributed by atoms with Crippen molar-refractivity contribution in [2.24, 2.45) is 5.14 Å². The summed E-state index contributed by atoms with van der Waals surface area (Å²) in [5.74, 6) is -0.351. The Labute approximate surface area is 170 Å². The molecule has 0 aliphatic rings. The van der Waals surface area contributed by atoms with Gasteiger partial charge in [-0.25, -0.2) is 17.9 Å². The van der Waals surface area contributed by atoms with Gasteiger partial charge >= 0.3 is 0 Å². The van der Waals surface area contributed by atoms with Gasteiger partial charge in [-0.05, 0) is 47.5 Å². The summed E-state index contributed by atoms with van der Waals surface area (Å²) < 4.78 is 38.8. The summed E-state index contributed by atoms with van der Waals surface area (Å²) in [5.41, 5.74) is 1.66. The van der Waals surface area contributed by atoms with Crippen molar-refractivity contribution in [2.75, 3.05) is 0 Å². The molecule has 0 spiro atoms. The molecule has 1 aromatic heterocycles. The van der Waals surface area contributed by atoms with E-state index in [1.807, 2.05) is 6.07 Å². The molecule has 4 aromatic rings. The van der Waals surface area contributed by atoms with Crippen molar-refractivity contribution in [3.05, 3.63) is 88.0 Å². The molecule has 4 rings (SSSR count). The van der Waals surface area contributed by atoms with E-state index in [1.54, 1.807) is 28.9 Å². The molecule has 0 aliphatic carbocycles. The minimum Gasteiger partial charge on any atom is -0.280 e. The Morgan fingerprint density at radius 1 is 1.10 bits per heavy atom. The van der Waals surface area contributed by atoms with Crippen molar-refractivity contribution in [1.29, 1.82) is 5.26 Å². The van der Waals surface area contributed by atoms with Crippen LogP contribution in [-0.2, 0) is 16.6 Å². The standard InChI is InChI=1S/C21H15FN4O3S/c22-16-7-4-13(5-8-16)12-26-18-9-6-14(10-17(18)21(27)25-26)20-15(11-23)2-1-3-19(20)30(24,28)29/h1-10H,12H2,(H,25,27)(H2,24,28,29). The van der Waals surface area contributed by atoms with Crippen molar-refractivity contribution in [3.8, 4) is 17.2 Å². The fraction of sp³-hybridized carbons (Fsp3) is 0.0476. The van der Waals surface area contributed by atoms with Gasteiger partial charge in [0, 0.05) is 5.56 Å². The lowest BCUT2D eigenvalue weighted by atomic mass is 9.99. The van der Waals surface area contributed by atoms with E-state index >= 15 is 0 Å². The highest BCUT2D eigenvalue weighted by Gasteiger charge is 2.20. The van der Waals surface area contributed by atoms with Gasteiger partial charge in [0.1, 0.15) is 5.82 Å². The summed E-state index contributed by atoms with van der Waals surface area (Å²) in [5, 5.41) is 17.8. The maximum Gasteiger partial charge on any atom is 0.272 e. The third-order valence-corrected chi connectivity index (χ3v) is 5.72. The second kappa shape index (κ2) is 7.26. The average molecular weight is 422 g/mol. The summed E-state index contributed by atoms with van der Waals surface area (Å²) in [6, 6.07) is 16.9. The lowest BCUT2D eigenvalue weighted by Crippen LogP contribution is -2.14. The van der Waals surface area contributed by atoms with Crippen LogP contribution in [0.25, 0.3) is 22.0 Å². The number of nitriles is 1. The first-order valence-electron chi connectivity index (χ1n) is 8.81. The van der Waals surface area contributed by atoms with Crippen molar-refractivity contribution < 1.29 is 12.8 Å². The number of hydrogen-bond donors (Lipinski definition) is 2. The predicted molar refractivity (Wildman–Crippen MR) is 110 cm³/mol. The SMILES string of the molecule is N#Cc1cccc(S(N)(=O)=O)c1-c1ccc2c(c1)c(=O)[nH]n2Cc1ccc(F)cc1. The van der Waals surface area contributed by atoms with E-state index in [9.17, 15) is 22.9 Å². The van der Waals surface area contributed by atoms with Crippen LogP contribution in [0.2, 0.25) is 0 Å². The van der Waals surface area contributed by atoms with E-state index in [0.717, 1.165) is 5.56 Å². The Hall–Kier alpha value is -3.74. The third kappa shape index (κ3) is 3.50. The van der Waals surface area contributed by atoms with Crippen LogP contribution in [0, 0.1) is 17.1 Å². The van der Waals surface area contributed by atoms with Gasteiger partial charge < -0.3 is 0 Å². The number of primary sulfonamides is 1. The number of rotatable bonds is 4. The topological polar surface area (TPSA) is 122 Å². The summed E-state index contributed by atoms with van der Waals surface area (Å²) in [4.78, 5) is 12.3. The van der Waals surface area contributed by atoms with Crippen molar-refractivity contribution in [1.82, 2.24) is 9.78 Å². The minimum absolute atomic E-state index is 0.128. The highest BCUT2D eigenvalue weighted by atomic mass is 32.2. The zero-order valence-corrected chi connectivity index (χ0v) is 16.3. The second-order valence-electron chi connectivity index (χ2n) is 6.72. The number of hydrogen-bond acceptors (Lipinski definition) is 4. The summed E-state index contributed by atoms with van der Waals surface area (Å²) >= 11 is 0. The molecule has 0 amide bonds. The number of nitrogens with zero attached hydrogens (tertiary/aromatic N) is 2. The molecular formula is C21H15FN4O3S. The van der Waals surface area contributed by atoms with Crippen LogP contribution in [0.4, 0.5) is 4.39 Å². The molecule has 0 fully saturated rings. The van der Waals surface area contributed by atoms with Gasteiger partial charge in [-0.3, -0.25) is 14.6 Å². The molecule has 7 nitrogen and oxygen atoms in total. The molecule has 1 heterocycles. The first kappa shape index (κ1) is 19.6. The predicted octanol–water partition coefficient (Wildman–Crippen LogP) is 2.70. The molecule has 3 aromatic carbocycles. The second-order valence-corrected chi connectivity index (χ2v) is 8.25. The van der Waals surface area contributed by atoms with E-state index in [4.69, 9.17) is 5.14 Å². The number of aromatic amines is 1. The third-order valence-electron chi connectivity index (χ3n) is 4.76. The molecule has 0 radical (unpaired) electrons. The Balaban J connectivity index is 1.87. The zero-order valence-electron chi connectivity index (χ0n) is 15.5. The monoisotopic (exact) mass is 422 g/mol. The summed E-state index contributed by atoms with van der Waals surface area (Å²) in [6.45, 7) is 0.315. The lowest BCUT2D eigenvalue weighted by Gasteiger charge is -2.10. The van der Waals surface area contributed by atoms with E-state index < -0.39 is 10.0 Å². The van der Waals surface area contributed by atoms with Crippen LogP contribution in [0.3, 0.4) is 0 Å². The fourth-order valence-electron chi connectivity index (χ4n) is 3.41. The normalized spacial score (nSPS) is 11.5. The van der Waals surface area contributed by atoms with Crippen LogP contribution in [0.5, 0.6) is 0 Å². The van der Waals surface area contributed by atoms with Gasteiger partial charge in [0.05, 0.1) is 34.0 Å². The van der Waals surface area contributed by atoms with Crippen molar-refractivity contribution in [2.45, 2.75) is 11.4 Å². The van der Waals surface area contributed by atoms with Crippen molar-refractivity contribution in [3.63, 3.8) is 0 Å². The first-order valence-corrected chi connectivity index (χ1v) is 10.4. The molecule has 30 heavy (non-hydrogen) atoms. The maximum absolute atomic E-state index is 13.1. The van der Waals surface area contributed by atoms with Crippen LogP contribution >= 0.6 is 0 Å². The van der Waals surface area contributed by atoms with E-state index in [0.29, 0.717) is 23.0 Å². The van der Waals surface area contributed by atoms with Crippen molar-refractivity contribution >= 4 is 20.9 Å². The van der Waals surface area contributed by atoms with Crippen LogP contribution in [0.15, 0.2) is 70.4 Å². The molecule has 0 aliphatic heterocycles.